The first kappa shape index (κ1) is 15.0. The van der Waals surface area contributed by atoms with Crippen LogP contribution in [0.3, 0.4) is 0 Å². The highest BCUT2D eigenvalue weighted by molar-refractivity contribution is 5.59. The fraction of sp³-hybridized carbons (Fsp3) is 0.125. The summed E-state index contributed by atoms with van der Waals surface area (Å²) in [4.78, 5) is 0. The highest BCUT2D eigenvalue weighted by Gasteiger charge is 2.06. The van der Waals surface area contributed by atoms with Gasteiger partial charge in [0.25, 0.3) is 0 Å². The zero-order valence-electron chi connectivity index (χ0n) is 11.4. The molecule has 110 valence electrons. The SMILES string of the molecule is Cc1ccc(Nc2ccc(COC(F)=C(F)F)cc2)cc1. The van der Waals surface area contributed by atoms with E-state index in [0.717, 1.165) is 11.4 Å². The van der Waals surface area contributed by atoms with Gasteiger partial charge in [-0.05, 0) is 36.8 Å². The minimum absolute atomic E-state index is 0.242. The van der Waals surface area contributed by atoms with Crippen LogP contribution in [0.2, 0.25) is 0 Å². The summed E-state index contributed by atoms with van der Waals surface area (Å²) in [6.07, 6.45) is -2.45. The summed E-state index contributed by atoms with van der Waals surface area (Å²) in [5.41, 5.74) is 3.55. The molecule has 21 heavy (non-hydrogen) atoms. The van der Waals surface area contributed by atoms with Gasteiger partial charge in [-0.25, -0.2) is 0 Å². The maximum atomic E-state index is 12.5. The summed E-state index contributed by atoms with van der Waals surface area (Å²) in [6.45, 7) is 1.76. The fourth-order valence-electron chi connectivity index (χ4n) is 1.69. The van der Waals surface area contributed by atoms with Gasteiger partial charge in [-0.1, -0.05) is 29.8 Å². The molecule has 2 aromatic rings. The van der Waals surface area contributed by atoms with Gasteiger partial charge >= 0.3 is 12.1 Å². The van der Waals surface area contributed by atoms with E-state index >= 15 is 0 Å². The lowest BCUT2D eigenvalue weighted by molar-refractivity contribution is 0.108. The number of hydrogen-bond acceptors (Lipinski definition) is 2. The molecule has 0 atom stereocenters. The fourth-order valence-corrected chi connectivity index (χ4v) is 1.69. The van der Waals surface area contributed by atoms with Crippen molar-refractivity contribution in [3.05, 3.63) is 71.8 Å². The largest absolute Gasteiger partial charge is 0.462 e. The van der Waals surface area contributed by atoms with Crippen LogP contribution in [0.5, 0.6) is 0 Å². The first-order chi connectivity index (χ1) is 10.0. The molecule has 0 aliphatic heterocycles. The first-order valence-corrected chi connectivity index (χ1v) is 6.31. The zero-order chi connectivity index (χ0) is 15.2. The average Bonchev–Trinajstić information content (AvgIpc) is 2.48. The molecule has 0 aromatic heterocycles. The van der Waals surface area contributed by atoms with E-state index in [1.165, 1.54) is 5.56 Å². The van der Waals surface area contributed by atoms with Crippen molar-refractivity contribution in [3.8, 4) is 0 Å². The van der Waals surface area contributed by atoms with E-state index in [1.807, 2.05) is 31.2 Å². The normalized spacial score (nSPS) is 10.1. The molecule has 1 N–H and O–H groups in total. The lowest BCUT2D eigenvalue weighted by Gasteiger charge is -2.08. The molecule has 0 amide bonds. The summed E-state index contributed by atoms with van der Waals surface area (Å²) in [7, 11) is 0. The quantitative estimate of drug-likeness (QED) is 0.756. The summed E-state index contributed by atoms with van der Waals surface area (Å²) >= 11 is 0. The monoisotopic (exact) mass is 293 g/mol. The second-order valence-corrected chi connectivity index (χ2v) is 4.51. The van der Waals surface area contributed by atoms with E-state index in [4.69, 9.17) is 0 Å². The molecular weight excluding hydrogens is 279 g/mol. The van der Waals surface area contributed by atoms with Gasteiger partial charge in [0.1, 0.15) is 6.61 Å². The van der Waals surface area contributed by atoms with Crippen molar-refractivity contribution in [1.82, 2.24) is 0 Å². The number of benzene rings is 2. The molecule has 0 aliphatic rings. The smallest absolute Gasteiger partial charge is 0.342 e. The third-order valence-electron chi connectivity index (χ3n) is 2.81. The van der Waals surface area contributed by atoms with Crippen LogP contribution in [0.1, 0.15) is 11.1 Å². The Morgan fingerprint density at radius 3 is 1.95 bits per heavy atom. The van der Waals surface area contributed by atoms with Crippen LogP contribution in [0.4, 0.5) is 24.5 Å². The number of hydrogen-bond donors (Lipinski definition) is 1. The van der Waals surface area contributed by atoms with Crippen molar-refractivity contribution in [2.45, 2.75) is 13.5 Å². The van der Waals surface area contributed by atoms with Crippen LogP contribution in [-0.4, -0.2) is 0 Å². The predicted molar refractivity (Wildman–Crippen MR) is 76.0 cm³/mol. The molecule has 5 heteroatoms. The molecule has 0 fully saturated rings. The molecule has 0 aliphatic carbocycles. The average molecular weight is 293 g/mol. The van der Waals surface area contributed by atoms with Crippen LogP contribution < -0.4 is 5.32 Å². The van der Waals surface area contributed by atoms with Gasteiger partial charge < -0.3 is 10.1 Å². The van der Waals surface area contributed by atoms with E-state index in [1.54, 1.807) is 24.3 Å². The Bertz CT molecular complexity index is 617. The Labute approximate surface area is 120 Å². The van der Waals surface area contributed by atoms with Crippen LogP contribution in [0, 0.1) is 6.92 Å². The van der Waals surface area contributed by atoms with E-state index < -0.39 is 12.1 Å². The molecule has 0 bridgehead atoms. The number of rotatable bonds is 5. The molecule has 0 saturated heterocycles. The van der Waals surface area contributed by atoms with Crippen molar-refractivity contribution in [1.29, 1.82) is 0 Å². The highest BCUT2D eigenvalue weighted by Crippen LogP contribution is 2.19. The minimum Gasteiger partial charge on any atom is -0.462 e. The van der Waals surface area contributed by atoms with Crippen LogP contribution >= 0.6 is 0 Å². The molecule has 2 nitrogen and oxygen atoms in total. The Morgan fingerprint density at radius 1 is 0.905 bits per heavy atom. The summed E-state index contributed by atoms with van der Waals surface area (Å²) < 4.78 is 40.5. The molecule has 0 radical (unpaired) electrons. The van der Waals surface area contributed by atoms with Crippen molar-refractivity contribution < 1.29 is 17.9 Å². The summed E-state index contributed by atoms with van der Waals surface area (Å²) in [5.74, 6) is 0. The van der Waals surface area contributed by atoms with E-state index in [2.05, 4.69) is 10.1 Å². The van der Waals surface area contributed by atoms with Gasteiger partial charge in [0, 0.05) is 11.4 Å². The van der Waals surface area contributed by atoms with Crippen LogP contribution in [0.25, 0.3) is 0 Å². The van der Waals surface area contributed by atoms with Crippen molar-refractivity contribution in [2.24, 2.45) is 0 Å². The van der Waals surface area contributed by atoms with E-state index in [-0.39, 0.29) is 6.61 Å². The Balaban J connectivity index is 1.96. The standard InChI is InChI=1S/C16H14F3NO/c1-11-2-6-13(7-3-11)20-14-8-4-12(5-9-14)10-21-16(19)15(17)18/h2-9,20H,10H2,1H3. The minimum atomic E-state index is -2.45. The topological polar surface area (TPSA) is 21.3 Å². The lowest BCUT2D eigenvalue weighted by atomic mass is 10.2. The third kappa shape index (κ3) is 4.56. The number of nitrogens with one attached hydrogen (secondary N) is 1. The maximum Gasteiger partial charge on any atom is 0.342 e. The number of ether oxygens (including phenoxy) is 1. The molecular formula is C16H14F3NO. The molecule has 2 aromatic carbocycles. The molecule has 2 rings (SSSR count). The van der Waals surface area contributed by atoms with Crippen molar-refractivity contribution >= 4 is 11.4 Å². The number of aryl methyl sites for hydroxylation is 1. The van der Waals surface area contributed by atoms with Gasteiger partial charge in [-0.3, -0.25) is 0 Å². The predicted octanol–water partition coefficient (Wildman–Crippen LogP) is 5.29. The summed E-state index contributed by atoms with van der Waals surface area (Å²) in [6, 6.07) is 13.0. The highest BCUT2D eigenvalue weighted by atomic mass is 19.3. The van der Waals surface area contributed by atoms with E-state index in [0.29, 0.717) is 5.56 Å². The van der Waals surface area contributed by atoms with Gasteiger partial charge in [0.05, 0.1) is 0 Å². The van der Waals surface area contributed by atoms with Gasteiger partial charge in [-0.2, -0.15) is 13.2 Å². The third-order valence-corrected chi connectivity index (χ3v) is 2.81. The molecule has 0 spiro atoms. The Morgan fingerprint density at radius 2 is 1.43 bits per heavy atom. The second-order valence-electron chi connectivity index (χ2n) is 4.51. The van der Waals surface area contributed by atoms with Crippen molar-refractivity contribution in [2.75, 3.05) is 5.32 Å². The van der Waals surface area contributed by atoms with Crippen molar-refractivity contribution in [3.63, 3.8) is 0 Å². The van der Waals surface area contributed by atoms with Crippen LogP contribution in [-0.2, 0) is 11.3 Å². The molecule has 0 unspecified atom stereocenters. The van der Waals surface area contributed by atoms with Gasteiger partial charge in [0.2, 0.25) is 0 Å². The van der Waals surface area contributed by atoms with E-state index in [9.17, 15) is 13.2 Å². The maximum absolute atomic E-state index is 12.5. The van der Waals surface area contributed by atoms with Gasteiger partial charge in [-0.15, -0.1) is 0 Å². The lowest BCUT2D eigenvalue weighted by Crippen LogP contribution is -1.93. The zero-order valence-corrected chi connectivity index (χ0v) is 11.4. The molecule has 0 saturated carbocycles. The Kier molecular flexibility index (Phi) is 4.87. The Hall–Kier alpha value is -2.43. The van der Waals surface area contributed by atoms with Crippen LogP contribution in [0.15, 0.2) is 60.6 Å². The number of anilines is 2. The second kappa shape index (κ2) is 6.83. The number of halogens is 3. The first-order valence-electron chi connectivity index (χ1n) is 6.31. The molecule has 0 heterocycles. The van der Waals surface area contributed by atoms with Gasteiger partial charge in [0.15, 0.2) is 0 Å². The summed E-state index contributed by atoms with van der Waals surface area (Å²) in [5, 5.41) is 3.20.